The second-order valence-corrected chi connectivity index (χ2v) is 5.86. The number of aromatic amines is 1. The van der Waals surface area contributed by atoms with Crippen molar-refractivity contribution in [3.05, 3.63) is 48.0 Å². The summed E-state index contributed by atoms with van der Waals surface area (Å²) in [6.45, 7) is 1.74. The topological polar surface area (TPSA) is 105 Å². The number of imidazole rings is 1. The first kappa shape index (κ1) is 15.9. The molecule has 0 saturated carbocycles. The summed E-state index contributed by atoms with van der Waals surface area (Å²) >= 11 is 0. The van der Waals surface area contributed by atoms with Crippen LogP contribution in [0.2, 0.25) is 0 Å². The SMILES string of the molecule is C[C@H](NC(=O)c1ccc2c(c1)OCO2)C(=O)Nc1nc2ccccc2[nH]1. The van der Waals surface area contributed by atoms with E-state index in [-0.39, 0.29) is 18.6 Å². The van der Waals surface area contributed by atoms with Crippen molar-refractivity contribution in [2.24, 2.45) is 0 Å². The van der Waals surface area contributed by atoms with E-state index in [4.69, 9.17) is 9.47 Å². The fourth-order valence-electron chi connectivity index (χ4n) is 2.62. The molecule has 3 N–H and O–H groups in total. The van der Waals surface area contributed by atoms with Crippen molar-refractivity contribution >= 4 is 28.8 Å². The van der Waals surface area contributed by atoms with Gasteiger partial charge in [0.25, 0.3) is 5.91 Å². The van der Waals surface area contributed by atoms with Gasteiger partial charge in [-0.15, -0.1) is 0 Å². The van der Waals surface area contributed by atoms with E-state index in [1.807, 2.05) is 24.3 Å². The van der Waals surface area contributed by atoms with Crippen LogP contribution in [0.25, 0.3) is 11.0 Å². The molecule has 0 saturated heterocycles. The Bertz CT molecular complexity index is 965. The molecule has 3 aromatic rings. The van der Waals surface area contributed by atoms with Gasteiger partial charge in [-0.05, 0) is 37.3 Å². The molecular formula is C18H16N4O4. The van der Waals surface area contributed by atoms with Crippen molar-refractivity contribution in [1.82, 2.24) is 15.3 Å². The zero-order valence-electron chi connectivity index (χ0n) is 13.9. The molecule has 8 heteroatoms. The minimum absolute atomic E-state index is 0.136. The molecule has 0 fully saturated rings. The number of carbonyl (C=O) groups is 2. The van der Waals surface area contributed by atoms with Gasteiger partial charge in [0.05, 0.1) is 11.0 Å². The van der Waals surface area contributed by atoms with Gasteiger partial charge in [0.1, 0.15) is 6.04 Å². The average molecular weight is 352 g/mol. The monoisotopic (exact) mass is 352 g/mol. The fourth-order valence-corrected chi connectivity index (χ4v) is 2.62. The number of fused-ring (bicyclic) bond motifs is 2. The van der Waals surface area contributed by atoms with Gasteiger partial charge >= 0.3 is 0 Å². The number of hydrogen-bond acceptors (Lipinski definition) is 5. The van der Waals surface area contributed by atoms with E-state index in [9.17, 15) is 9.59 Å². The standard InChI is InChI=1S/C18H16N4O4/c1-10(16(23)22-18-20-12-4-2-3-5-13(12)21-18)19-17(24)11-6-7-14-15(8-11)26-9-25-14/h2-8,10H,9H2,1H3,(H,19,24)(H2,20,21,22,23)/t10-/m0/s1. The van der Waals surface area contributed by atoms with Crippen molar-refractivity contribution in [3.8, 4) is 11.5 Å². The van der Waals surface area contributed by atoms with Gasteiger partial charge in [-0.3, -0.25) is 14.9 Å². The molecule has 1 aliphatic heterocycles. The molecular weight excluding hydrogens is 336 g/mol. The number of nitrogens with zero attached hydrogens (tertiary/aromatic N) is 1. The number of anilines is 1. The van der Waals surface area contributed by atoms with Crippen LogP contribution < -0.4 is 20.1 Å². The van der Waals surface area contributed by atoms with E-state index in [0.29, 0.717) is 23.0 Å². The molecule has 1 aliphatic rings. The van der Waals surface area contributed by atoms with E-state index < -0.39 is 6.04 Å². The van der Waals surface area contributed by atoms with Gasteiger partial charge in [-0.1, -0.05) is 12.1 Å². The molecule has 0 aliphatic carbocycles. The molecule has 0 unspecified atom stereocenters. The lowest BCUT2D eigenvalue weighted by Crippen LogP contribution is -2.41. The fraction of sp³-hybridized carbons (Fsp3) is 0.167. The Morgan fingerprint density at radius 1 is 1.15 bits per heavy atom. The first-order valence-electron chi connectivity index (χ1n) is 8.06. The van der Waals surface area contributed by atoms with Gasteiger partial charge in [0.2, 0.25) is 18.6 Å². The van der Waals surface area contributed by atoms with Crippen LogP contribution in [0.4, 0.5) is 5.95 Å². The van der Waals surface area contributed by atoms with Gasteiger partial charge in [0.15, 0.2) is 11.5 Å². The van der Waals surface area contributed by atoms with E-state index >= 15 is 0 Å². The van der Waals surface area contributed by atoms with Crippen molar-refractivity contribution in [1.29, 1.82) is 0 Å². The highest BCUT2D eigenvalue weighted by atomic mass is 16.7. The highest BCUT2D eigenvalue weighted by molar-refractivity contribution is 6.01. The second-order valence-electron chi connectivity index (χ2n) is 5.86. The van der Waals surface area contributed by atoms with Gasteiger partial charge in [0, 0.05) is 5.56 Å². The van der Waals surface area contributed by atoms with Gasteiger partial charge in [-0.25, -0.2) is 4.98 Å². The van der Waals surface area contributed by atoms with Crippen LogP contribution in [0, 0.1) is 0 Å². The van der Waals surface area contributed by atoms with Crippen molar-refractivity contribution in [2.75, 3.05) is 12.1 Å². The minimum atomic E-state index is -0.749. The number of amides is 2. The smallest absolute Gasteiger partial charge is 0.252 e. The molecule has 0 bridgehead atoms. The molecule has 2 heterocycles. The minimum Gasteiger partial charge on any atom is -0.454 e. The summed E-state index contributed by atoms with van der Waals surface area (Å²) in [4.78, 5) is 31.9. The maximum absolute atomic E-state index is 12.3. The van der Waals surface area contributed by atoms with Crippen LogP contribution in [0.1, 0.15) is 17.3 Å². The molecule has 2 aromatic carbocycles. The number of benzene rings is 2. The van der Waals surface area contributed by atoms with E-state index in [0.717, 1.165) is 11.0 Å². The van der Waals surface area contributed by atoms with Crippen LogP contribution in [-0.2, 0) is 4.79 Å². The summed E-state index contributed by atoms with van der Waals surface area (Å²) in [7, 11) is 0. The highest BCUT2D eigenvalue weighted by Crippen LogP contribution is 2.32. The number of para-hydroxylation sites is 2. The Balaban J connectivity index is 1.41. The molecule has 0 spiro atoms. The van der Waals surface area contributed by atoms with Crippen molar-refractivity contribution in [2.45, 2.75) is 13.0 Å². The molecule has 2 amide bonds. The number of hydrogen-bond donors (Lipinski definition) is 3. The number of carbonyl (C=O) groups excluding carboxylic acids is 2. The lowest BCUT2D eigenvalue weighted by Gasteiger charge is -2.13. The molecule has 26 heavy (non-hydrogen) atoms. The van der Waals surface area contributed by atoms with Crippen LogP contribution in [0.5, 0.6) is 11.5 Å². The third kappa shape index (κ3) is 3.04. The summed E-state index contributed by atoms with van der Waals surface area (Å²) < 4.78 is 10.5. The van der Waals surface area contributed by atoms with Crippen LogP contribution in [-0.4, -0.2) is 34.6 Å². The van der Waals surface area contributed by atoms with Gasteiger partial charge in [-0.2, -0.15) is 0 Å². The molecule has 1 aromatic heterocycles. The number of ether oxygens (including phenoxy) is 2. The Kier molecular flexibility index (Phi) is 3.92. The number of rotatable bonds is 4. The summed E-state index contributed by atoms with van der Waals surface area (Å²) in [5.41, 5.74) is 1.96. The second kappa shape index (κ2) is 6.40. The van der Waals surface area contributed by atoms with Crippen LogP contribution in [0.15, 0.2) is 42.5 Å². The zero-order chi connectivity index (χ0) is 18.1. The molecule has 0 radical (unpaired) electrons. The number of H-pyrrole nitrogens is 1. The number of aromatic nitrogens is 2. The highest BCUT2D eigenvalue weighted by Gasteiger charge is 2.20. The predicted octanol–water partition coefficient (Wildman–Crippen LogP) is 2.05. The van der Waals surface area contributed by atoms with Gasteiger partial charge < -0.3 is 19.8 Å². The lowest BCUT2D eigenvalue weighted by molar-refractivity contribution is -0.117. The quantitative estimate of drug-likeness (QED) is 0.666. The molecule has 1 atom stereocenters. The largest absolute Gasteiger partial charge is 0.454 e. The molecule has 132 valence electrons. The molecule has 4 rings (SSSR count). The first-order valence-corrected chi connectivity index (χ1v) is 8.06. The lowest BCUT2D eigenvalue weighted by atomic mass is 10.1. The maximum atomic E-state index is 12.3. The normalized spacial score (nSPS) is 13.4. The summed E-state index contributed by atoms with van der Waals surface area (Å²) in [6, 6.07) is 11.6. The van der Waals surface area contributed by atoms with E-state index in [1.165, 1.54) is 0 Å². The summed E-state index contributed by atoms with van der Waals surface area (Å²) in [5.74, 6) is 0.684. The van der Waals surface area contributed by atoms with E-state index in [1.54, 1.807) is 25.1 Å². The average Bonchev–Trinajstić information content (AvgIpc) is 3.26. The Labute approximate surface area is 148 Å². The first-order chi connectivity index (χ1) is 12.6. The predicted molar refractivity (Wildman–Crippen MR) is 94.2 cm³/mol. The third-order valence-corrected chi connectivity index (χ3v) is 4.01. The third-order valence-electron chi connectivity index (χ3n) is 4.01. The summed E-state index contributed by atoms with van der Waals surface area (Å²) in [6.07, 6.45) is 0. The zero-order valence-corrected chi connectivity index (χ0v) is 13.9. The van der Waals surface area contributed by atoms with Crippen molar-refractivity contribution in [3.63, 3.8) is 0 Å². The maximum Gasteiger partial charge on any atom is 0.252 e. The Hall–Kier alpha value is -3.55. The van der Waals surface area contributed by atoms with Crippen LogP contribution >= 0.6 is 0 Å². The number of nitrogens with one attached hydrogen (secondary N) is 3. The van der Waals surface area contributed by atoms with Crippen LogP contribution in [0.3, 0.4) is 0 Å². The van der Waals surface area contributed by atoms with E-state index in [2.05, 4.69) is 20.6 Å². The Morgan fingerprint density at radius 2 is 1.96 bits per heavy atom. The molecule has 8 nitrogen and oxygen atoms in total. The van der Waals surface area contributed by atoms with Crippen molar-refractivity contribution < 1.29 is 19.1 Å². The summed E-state index contributed by atoms with van der Waals surface area (Å²) in [5, 5.41) is 5.32. The Morgan fingerprint density at radius 3 is 2.81 bits per heavy atom.